The van der Waals surface area contributed by atoms with Crippen LogP contribution in [0.4, 0.5) is 0 Å². The minimum Gasteiger partial charge on any atom is -0.363 e. The molecule has 0 aliphatic carbocycles. The van der Waals surface area contributed by atoms with E-state index in [-0.39, 0.29) is 12.0 Å². The van der Waals surface area contributed by atoms with E-state index >= 15 is 0 Å². The quantitative estimate of drug-likeness (QED) is 0.630. The number of thiophene rings is 1. The minimum absolute atomic E-state index is 0.136. The van der Waals surface area contributed by atoms with Crippen LogP contribution in [-0.4, -0.2) is 61.1 Å². The number of nitrogens with zero attached hydrogens (tertiary/aromatic N) is 2. The summed E-state index contributed by atoms with van der Waals surface area (Å²) in [6.45, 7) is 7.61. The van der Waals surface area contributed by atoms with Gasteiger partial charge in [-0.3, -0.25) is 9.69 Å². The Bertz CT molecular complexity index is 652. The zero-order valence-corrected chi connectivity index (χ0v) is 16.3. The second-order valence-electron chi connectivity index (χ2n) is 6.63. The number of piperazine rings is 1. The Morgan fingerprint density at radius 1 is 1.12 bits per heavy atom. The molecule has 3 rings (SSSR count). The topological polar surface area (TPSA) is 32.8 Å². The van der Waals surface area contributed by atoms with E-state index in [0.717, 1.165) is 50.6 Å². The predicted octanol–water partition coefficient (Wildman–Crippen LogP) is 3.54. The Labute approximate surface area is 160 Å². The molecular weight excluding hydrogens is 344 g/mol. The Kier molecular flexibility index (Phi) is 7.38. The number of carbonyl (C=O) groups is 1. The maximum absolute atomic E-state index is 12.2. The van der Waals surface area contributed by atoms with E-state index in [1.807, 2.05) is 17.5 Å². The van der Waals surface area contributed by atoms with Crippen LogP contribution in [0.5, 0.6) is 0 Å². The fourth-order valence-electron chi connectivity index (χ4n) is 3.40. The van der Waals surface area contributed by atoms with Crippen molar-refractivity contribution in [2.45, 2.75) is 26.0 Å². The van der Waals surface area contributed by atoms with Crippen LogP contribution in [0.15, 0.2) is 47.8 Å². The van der Waals surface area contributed by atoms with Crippen molar-refractivity contribution < 1.29 is 9.53 Å². The van der Waals surface area contributed by atoms with Gasteiger partial charge in [0.05, 0.1) is 4.88 Å². The normalized spacial score (nSPS) is 17.3. The molecule has 1 atom stereocenters. The van der Waals surface area contributed by atoms with Gasteiger partial charge in [0.25, 0.3) is 0 Å². The van der Waals surface area contributed by atoms with Gasteiger partial charge in [-0.25, -0.2) is 0 Å². The van der Waals surface area contributed by atoms with Crippen LogP contribution >= 0.6 is 11.3 Å². The zero-order valence-electron chi connectivity index (χ0n) is 15.5. The van der Waals surface area contributed by atoms with Crippen LogP contribution in [0.3, 0.4) is 0 Å². The molecule has 1 aliphatic heterocycles. The van der Waals surface area contributed by atoms with Crippen molar-refractivity contribution in [3.8, 4) is 0 Å². The Morgan fingerprint density at radius 2 is 1.88 bits per heavy atom. The third-order valence-corrected chi connectivity index (χ3v) is 5.79. The van der Waals surface area contributed by atoms with Gasteiger partial charge in [0.2, 0.25) is 0 Å². The summed E-state index contributed by atoms with van der Waals surface area (Å²) < 4.78 is 6.02. The maximum Gasteiger partial charge on any atom is 0.174 e. The lowest BCUT2D eigenvalue weighted by Gasteiger charge is -2.39. The van der Waals surface area contributed by atoms with E-state index < -0.39 is 0 Å². The lowest BCUT2D eigenvalue weighted by Crippen LogP contribution is -2.52. The third kappa shape index (κ3) is 5.48. The number of ketones is 1. The molecule has 140 valence electrons. The second-order valence-corrected chi connectivity index (χ2v) is 7.58. The van der Waals surface area contributed by atoms with Crippen LogP contribution in [0.2, 0.25) is 0 Å². The lowest BCUT2D eigenvalue weighted by atomic mass is 10.1. The van der Waals surface area contributed by atoms with Gasteiger partial charge in [-0.15, -0.1) is 11.3 Å². The highest BCUT2D eigenvalue weighted by atomic mass is 32.1. The van der Waals surface area contributed by atoms with E-state index in [9.17, 15) is 4.79 Å². The van der Waals surface area contributed by atoms with Crippen LogP contribution in [0, 0.1) is 0 Å². The molecule has 1 saturated heterocycles. The van der Waals surface area contributed by atoms with Crippen molar-refractivity contribution >= 4 is 17.1 Å². The van der Waals surface area contributed by atoms with E-state index in [2.05, 4.69) is 47.1 Å². The van der Waals surface area contributed by atoms with Gasteiger partial charge in [0, 0.05) is 52.2 Å². The molecule has 0 spiro atoms. The summed E-state index contributed by atoms with van der Waals surface area (Å²) in [4.78, 5) is 17.9. The number of hydrogen-bond acceptors (Lipinski definition) is 5. The van der Waals surface area contributed by atoms with Crippen LogP contribution in [0.25, 0.3) is 0 Å². The molecule has 5 heteroatoms. The average Bonchev–Trinajstić information content (AvgIpc) is 3.22. The third-order valence-electron chi connectivity index (χ3n) is 4.88. The van der Waals surface area contributed by atoms with Gasteiger partial charge < -0.3 is 9.64 Å². The van der Waals surface area contributed by atoms with E-state index in [1.165, 1.54) is 16.9 Å². The van der Waals surface area contributed by atoms with E-state index in [0.29, 0.717) is 6.42 Å². The molecule has 1 aliphatic rings. The summed E-state index contributed by atoms with van der Waals surface area (Å²) in [6, 6.07) is 14.4. The first-order chi connectivity index (χ1) is 12.8. The number of Topliss-reactive ketones (excluding diaryl/α,β-unsaturated/α-hetero) is 1. The molecule has 26 heavy (non-hydrogen) atoms. The molecule has 0 N–H and O–H groups in total. The number of carbonyl (C=O) groups excluding carboxylic acids is 1. The van der Waals surface area contributed by atoms with Crippen molar-refractivity contribution in [2.75, 3.05) is 39.3 Å². The van der Waals surface area contributed by atoms with E-state index in [4.69, 9.17) is 4.74 Å². The monoisotopic (exact) mass is 372 g/mol. The molecule has 1 aromatic heterocycles. The number of ether oxygens (including phenoxy) is 1. The molecule has 1 unspecified atom stereocenters. The molecule has 0 bridgehead atoms. The van der Waals surface area contributed by atoms with Crippen LogP contribution < -0.4 is 0 Å². The van der Waals surface area contributed by atoms with Gasteiger partial charge in [-0.2, -0.15) is 0 Å². The first-order valence-corrected chi connectivity index (χ1v) is 10.3. The van der Waals surface area contributed by atoms with Crippen molar-refractivity contribution in [3.63, 3.8) is 0 Å². The molecule has 2 aromatic rings. The maximum atomic E-state index is 12.2. The van der Waals surface area contributed by atoms with Crippen LogP contribution in [0.1, 0.15) is 28.6 Å². The fourth-order valence-corrected chi connectivity index (χ4v) is 4.09. The summed E-state index contributed by atoms with van der Waals surface area (Å²) in [5.41, 5.74) is 1.31. The predicted molar refractivity (Wildman–Crippen MR) is 107 cm³/mol. The number of benzene rings is 1. The molecule has 1 aromatic carbocycles. The molecular formula is C21H28N2O2S. The van der Waals surface area contributed by atoms with Crippen molar-refractivity contribution in [3.05, 3.63) is 58.3 Å². The summed E-state index contributed by atoms with van der Waals surface area (Å²) >= 11 is 1.54. The van der Waals surface area contributed by atoms with Crippen molar-refractivity contribution in [1.82, 2.24) is 9.80 Å². The van der Waals surface area contributed by atoms with Crippen molar-refractivity contribution in [1.29, 1.82) is 0 Å². The molecule has 0 amide bonds. The first-order valence-electron chi connectivity index (χ1n) is 9.45. The summed E-state index contributed by atoms with van der Waals surface area (Å²) in [6.07, 6.45) is 1.67. The lowest BCUT2D eigenvalue weighted by molar-refractivity contribution is -0.0711. The first kappa shape index (κ1) is 19.2. The molecule has 0 radical (unpaired) electrons. The fraction of sp³-hybridized carbons (Fsp3) is 0.476. The largest absolute Gasteiger partial charge is 0.363 e. The van der Waals surface area contributed by atoms with Crippen molar-refractivity contribution in [2.24, 2.45) is 0 Å². The van der Waals surface area contributed by atoms with Gasteiger partial charge in [0.15, 0.2) is 5.78 Å². The smallest absolute Gasteiger partial charge is 0.174 e. The molecule has 4 nitrogen and oxygen atoms in total. The molecule has 1 fully saturated rings. The Balaban J connectivity index is 1.46. The van der Waals surface area contributed by atoms with Gasteiger partial charge in [0.1, 0.15) is 6.23 Å². The SMILES string of the molecule is CCOC(Cc1ccccc1)N1CCN(CCC(=O)c2cccs2)CC1. The highest BCUT2D eigenvalue weighted by Gasteiger charge is 2.24. The number of hydrogen-bond donors (Lipinski definition) is 0. The number of rotatable bonds is 9. The summed E-state index contributed by atoms with van der Waals surface area (Å²) in [5.74, 6) is 0.263. The summed E-state index contributed by atoms with van der Waals surface area (Å²) in [7, 11) is 0. The van der Waals surface area contributed by atoms with E-state index in [1.54, 1.807) is 0 Å². The highest BCUT2D eigenvalue weighted by Crippen LogP contribution is 2.15. The Morgan fingerprint density at radius 3 is 2.54 bits per heavy atom. The minimum atomic E-state index is 0.136. The average molecular weight is 373 g/mol. The molecule has 2 heterocycles. The second kappa shape index (κ2) is 9.97. The van der Waals surface area contributed by atoms with Gasteiger partial charge in [-0.1, -0.05) is 36.4 Å². The summed E-state index contributed by atoms with van der Waals surface area (Å²) in [5, 5.41) is 1.96. The standard InChI is InChI=1S/C21H28N2O2S/c1-2-25-21(17-18-7-4-3-5-8-18)23-14-12-22(13-15-23)11-10-19(24)20-9-6-16-26-20/h3-9,16,21H,2,10-15,17H2,1H3. The highest BCUT2D eigenvalue weighted by molar-refractivity contribution is 7.12. The van der Waals surface area contributed by atoms with Crippen LogP contribution in [-0.2, 0) is 11.2 Å². The molecule has 0 saturated carbocycles. The van der Waals surface area contributed by atoms with Gasteiger partial charge >= 0.3 is 0 Å². The van der Waals surface area contributed by atoms with Gasteiger partial charge in [-0.05, 0) is 23.9 Å². The zero-order chi connectivity index (χ0) is 18.2. The Hall–Kier alpha value is -1.53.